The van der Waals surface area contributed by atoms with Gasteiger partial charge in [-0.1, -0.05) is 40.2 Å². The number of hydrogen-bond donors (Lipinski definition) is 0. The first-order valence-corrected chi connectivity index (χ1v) is 6.94. The van der Waals surface area contributed by atoms with E-state index in [-0.39, 0.29) is 5.91 Å². The topological polar surface area (TPSA) is 33.2 Å². The van der Waals surface area contributed by atoms with Gasteiger partial charge in [0, 0.05) is 29.5 Å². The van der Waals surface area contributed by atoms with Crippen LogP contribution in [0.15, 0.2) is 36.5 Å². The quantitative estimate of drug-likeness (QED) is 0.759. The molecule has 0 radical (unpaired) electrons. The molecule has 0 N–H and O–H groups in total. The summed E-state index contributed by atoms with van der Waals surface area (Å²) in [6.45, 7) is 1.57. The molecule has 0 spiro atoms. The summed E-state index contributed by atoms with van der Waals surface area (Å²) in [4.78, 5) is 19.0. The van der Waals surface area contributed by atoms with E-state index in [0.717, 1.165) is 30.3 Å². The Labute approximate surface area is 114 Å². The summed E-state index contributed by atoms with van der Waals surface area (Å²) in [6, 6.07) is 9.81. The van der Waals surface area contributed by atoms with Gasteiger partial charge in [-0.05, 0) is 17.9 Å². The zero-order chi connectivity index (χ0) is 12.5. The maximum absolute atomic E-state index is 12.4. The smallest absolute Gasteiger partial charge is 0.273 e. The van der Waals surface area contributed by atoms with Crippen molar-refractivity contribution in [1.29, 1.82) is 0 Å². The first-order valence-electron chi connectivity index (χ1n) is 6.03. The van der Waals surface area contributed by atoms with Gasteiger partial charge in [0.2, 0.25) is 0 Å². The van der Waals surface area contributed by atoms with Crippen molar-refractivity contribution in [2.75, 3.05) is 13.1 Å². The van der Waals surface area contributed by atoms with Crippen molar-refractivity contribution in [3.05, 3.63) is 42.2 Å². The number of amides is 1. The lowest BCUT2D eigenvalue weighted by Gasteiger charge is -2.15. The molecule has 1 aliphatic rings. The van der Waals surface area contributed by atoms with Gasteiger partial charge in [-0.25, -0.2) is 0 Å². The van der Waals surface area contributed by atoms with Crippen molar-refractivity contribution in [2.24, 2.45) is 0 Å². The fourth-order valence-electron chi connectivity index (χ4n) is 2.34. The molecule has 0 aliphatic carbocycles. The Morgan fingerprint density at radius 2 is 2.17 bits per heavy atom. The first-order chi connectivity index (χ1) is 8.75. The summed E-state index contributed by atoms with van der Waals surface area (Å²) >= 11 is 3.55. The van der Waals surface area contributed by atoms with Crippen molar-refractivity contribution < 1.29 is 4.79 Å². The summed E-state index contributed by atoms with van der Waals surface area (Å²) in [7, 11) is 0. The number of rotatable bonds is 1. The van der Waals surface area contributed by atoms with E-state index in [1.807, 2.05) is 35.2 Å². The lowest BCUT2D eigenvalue weighted by atomic mass is 10.1. The number of alkyl halides is 1. The summed E-state index contributed by atoms with van der Waals surface area (Å²) in [5.74, 6) is 0.0359. The molecule has 1 aliphatic heterocycles. The van der Waals surface area contributed by atoms with Crippen molar-refractivity contribution in [3.8, 4) is 0 Å². The van der Waals surface area contributed by atoms with Gasteiger partial charge in [-0.15, -0.1) is 0 Å². The third-order valence-electron chi connectivity index (χ3n) is 3.29. The maximum Gasteiger partial charge on any atom is 0.273 e. The number of nitrogens with zero attached hydrogens (tertiary/aromatic N) is 2. The molecule has 1 aromatic carbocycles. The van der Waals surface area contributed by atoms with Crippen molar-refractivity contribution in [2.45, 2.75) is 11.2 Å². The fourth-order valence-corrected chi connectivity index (χ4v) is 2.90. The highest BCUT2D eigenvalue weighted by Gasteiger charge is 2.26. The van der Waals surface area contributed by atoms with Crippen molar-refractivity contribution in [1.82, 2.24) is 9.88 Å². The predicted molar refractivity (Wildman–Crippen MR) is 75.0 cm³/mol. The van der Waals surface area contributed by atoms with Crippen LogP contribution < -0.4 is 0 Å². The molecule has 92 valence electrons. The number of pyridine rings is 1. The molecule has 2 heterocycles. The van der Waals surface area contributed by atoms with Crippen LogP contribution in [-0.4, -0.2) is 33.7 Å². The second kappa shape index (κ2) is 4.69. The molecular formula is C14H13BrN2O. The van der Waals surface area contributed by atoms with Crippen molar-refractivity contribution >= 4 is 32.6 Å². The highest BCUT2D eigenvalue weighted by atomic mass is 79.9. The summed E-state index contributed by atoms with van der Waals surface area (Å²) in [6.07, 6.45) is 2.72. The average Bonchev–Trinajstić information content (AvgIpc) is 2.84. The minimum atomic E-state index is 0.0359. The molecule has 1 fully saturated rings. The Hall–Kier alpha value is -1.42. The van der Waals surface area contributed by atoms with Crippen molar-refractivity contribution in [3.63, 3.8) is 0 Å². The highest BCUT2D eigenvalue weighted by Crippen LogP contribution is 2.22. The average molecular weight is 305 g/mol. The zero-order valence-corrected chi connectivity index (χ0v) is 11.4. The van der Waals surface area contributed by atoms with Crippen LogP contribution in [0.5, 0.6) is 0 Å². The van der Waals surface area contributed by atoms with E-state index in [1.165, 1.54) is 0 Å². The molecule has 3 nitrogen and oxygen atoms in total. The van der Waals surface area contributed by atoms with Crippen LogP contribution in [0.3, 0.4) is 0 Å². The molecule has 1 unspecified atom stereocenters. The SMILES string of the molecule is O=C(c1nccc2ccccc12)N1CCC(Br)C1. The van der Waals surface area contributed by atoms with Gasteiger partial charge in [0.25, 0.3) is 5.91 Å². The molecule has 0 saturated carbocycles. The van der Waals surface area contributed by atoms with Gasteiger partial charge in [0.05, 0.1) is 0 Å². The van der Waals surface area contributed by atoms with E-state index in [0.29, 0.717) is 10.5 Å². The van der Waals surface area contributed by atoms with Crippen LogP contribution in [0.4, 0.5) is 0 Å². The molecule has 1 amide bonds. The number of fused-ring (bicyclic) bond motifs is 1. The number of halogens is 1. The largest absolute Gasteiger partial charge is 0.336 e. The van der Waals surface area contributed by atoms with E-state index in [9.17, 15) is 4.79 Å². The minimum Gasteiger partial charge on any atom is -0.336 e. The van der Waals surface area contributed by atoms with Gasteiger partial charge in [-0.3, -0.25) is 9.78 Å². The van der Waals surface area contributed by atoms with Gasteiger partial charge >= 0.3 is 0 Å². The molecule has 1 aromatic heterocycles. The van der Waals surface area contributed by atoms with Crippen LogP contribution in [-0.2, 0) is 0 Å². The molecule has 1 saturated heterocycles. The van der Waals surface area contributed by atoms with Gasteiger partial charge in [-0.2, -0.15) is 0 Å². The third-order valence-corrected chi connectivity index (χ3v) is 4.04. The van der Waals surface area contributed by atoms with Gasteiger partial charge in [0.15, 0.2) is 0 Å². The minimum absolute atomic E-state index is 0.0359. The van der Waals surface area contributed by atoms with Crippen LogP contribution >= 0.6 is 15.9 Å². The number of carbonyl (C=O) groups is 1. The lowest BCUT2D eigenvalue weighted by molar-refractivity contribution is 0.0790. The summed E-state index contributed by atoms with van der Waals surface area (Å²) < 4.78 is 0. The zero-order valence-electron chi connectivity index (χ0n) is 9.84. The van der Waals surface area contributed by atoms with Gasteiger partial charge in [0.1, 0.15) is 5.69 Å². The first kappa shape index (κ1) is 11.7. The number of likely N-dealkylation sites (tertiary alicyclic amines) is 1. The lowest BCUT2D eigenvalue weighted by Crippen LogP contribution is -2.29. The Bertz CT molecular complexity index is 594. The molecule has 3 rings (SSSR count). The van der Waals surface area contributed by atoms with Crippen LogP contribution in [0.2, 0.25) is 0 Å². The van der Waals surface area contributed by atoms with E-state index < -0.39 is 0 Å². The highest BCUT2D eigenvalue weighted by molar-refractivity contribution is 9.09. The standard InChI is InChI=1S/C14H13BrN2O/c15-11-6-8-17(9-11)14(18)13-12-4-2-1-3-10(12)5-7-16-13/h1-5,7,11H,6,8-9H2. The molecule has 0 bridgehead atoms. The molecule has 1 atom stereocenters. The molecular weight excluding hydrogens is 292 g/mol. The fraction of sp³-hybridized carbons (Fsp3) is 0.286. The number of benzene rings is 1. The maximum atomic E-state index is 12.4. The summed E-state index contributed by atoms with van der Waals surface area (Å²) in [5, 5.41) is 1.99. The van der Waals surface area contributed by atoms with Crippen LogP contribution in [0.1, 0.15) is 16.9 Å². The molecule has 4 heteroatoms. The number of carbonyl (C=O) groups excluding carboxylic acids is 1. The van der Waals surface area contributed by atoms with Crippen LogP contribution in [0, 0.1) is 0 Å². The third kappa shape index (κ3) is 2.01. The summed E-state index contributed by atoms with van der Waals surface area (Å²) in [5.41, 5.74) is 0.565. The van der Waals surface area contributed by atoms with Gasteiger partial charge < -0.3 is 4.90 Å². The van der Waals surface area contributed by atoms with Crippen LogP contribution in [0.25, 0.3) is 10.8 Å². The number of hydrogen-bond acceptors (Lipinski definition) is 2. The predicted octanol–water partition coefficient (Wildman–Crippen LogP) is 2.84. The Balaban J connectivity index is 2.01. The van der Waals surface area contributed by atoms with E-state index in [1.54, 1.807) is 6.20 Å². The molecule has 2 aromatic rings. The Morgan fingerprint density at radius 1 is 1.33 bits per heavy atom. The van der Waals surface area contributed by atoms with E-state index >= 15 is 0 Å². The second-order valence-corrected chi connectivity index (χ2v) is 5.81. The second-order valence-electron chi connectivity index (χ2n) is 4.52. The van der Waals surface area contributed by atoms with E-state index in [2.05, 4.69) is 20.9 Å². The number of aromatic nitrogens is 1. The Kier molecular flexibility index (Phi) is 3.04. The molecule has 18 heavy (non-hydrogen) atoms. The normalized spacial score (nSPS) is 19.4. The Morgan fingerprint density at radius 3 is 2.94 bits per heavy atom. The monoisotopic (exact) mass is 304 g/mol. The van der Waals surface area contributed by atoms with E-state index in [4.69, 9.17) is 0 Å².